The molecule has 158 valence electrons. The topological polar surface area (TPSA) is 90.9 Å². The number of rotatable bonds is 8. The largest absolute Gasteiger partial charge is 0.505 e. The number of methoxy groups -OCH3 is 1. The van der Waals surface area contributed by atoms with Crippen LogP contribution in [0.1, 0.15) is 41.7 Å². The molecule has 0 aliphatic heterocycles. The lowest BCUT2D eigenvalue weighted by Gasteiger charge is -2.29. The van der Waals surface area contributed by atoms with Crippen LogP contribution in [0.15, 0.2) is 53.9 Å². The van der Waals surface area contributed by atoms with Crippen LogP contribution >= 0.6 is 0 Å². The van der Waals surface area contributed by atoms with E-state index in [0.29, 0.717) is 17.8 Å². The standard InChI is InChI=1S/C23H27N3O4/c1-5-17(14-9-11-15(30-4)12-10-14)24-19-13-20(27)21(19)25-18-8-6-7-16(22(18)28)23(29)26(2)3/h6-12,17,24-25,28H,5,13H2,1-4H3. The monoisotopic (exact) mass is 409 g/mol. The van der Waals surface area contributed by atoms with Crippen molar-refractivity contribution in [3.63, 3.8) is 0 Å². The van der Waals surface area contributed by atoms with E-state index in [1.165, 1.54) is 4.90 Å². The van der Waals surface area contributed by atoms with Crippen LogP contribution in [0.4, 0.5) is 5.69 Å². The van der Waals surface area contributed by atoms with Crippen molar-refractivity contribution in [3.05, 3.63) is 65.0 Å². The minimum absolute atomic E-state index is 0.0334. The SMILES string of the molecule is CCC(NC1=C(Nc2cccc(C(=O)N(C)C)c2O)C(=O)C1)c1ccc(OC)cc1. The van der Waals surface area contributed by atoms with Crippen LogP contribution in [0.2, 0.25) is 0 Å². The molecule has 1 atom stereocenters. The molecule has 0 aromatic heterocycles. The van der Waals surface area contributed by atoms with Crippen LogP contribution in [0.3, 0.4) is 0 Å². The van der Waals surface area contributed by atoms with Crippen LogP contribution < -0.4 is 15.4 Å². The van der Waals surface area contributed by atoms with E-state index in [1.54, 1.807) is 39.4 Å². The fourth-order valence-electron chi connectivity index (χ4n) is 3.33. The number of phenolic OH excluding ortho intramolecular Hbond substituents is 1. The van der Waals surface area contributed by atoms with E-state index in [1.807, 2.05) is 24.3 Å². The molecule has 2 aromatic carbocycles. The predicted molar refractivity (Wildman–Crippen MR) is 116 cm³/mol. The number of anilines is 1. The molecule has 0 radical (unpaired) electrons. The summed E-state index contributed by atoms with van der Waals surface area (Å²) >= 11 is 0. The number of carbonyl (C=O) groups is 2. The third-order valence-corrected chi connectivity index (χ3v) is 5.13. The predicted octanol–water partition coefficient (Wildman–Crippen LogP) is 3.44. The Hall–Kier alpha value is -3.48. The number of amides is 1. The zero-order valence-electron chi connectivity index (χ0n) is 17.7. The molecule has 2 aromatic rings. The van der Waals surface area contributed by atoms with Crippen LogP contribution in [0, 0.1) is 0 Å². The maximum Gasteiger partial charge on any atom is 0.257 e. The number of ketones is 1. The number of carbonyl (C=O) groups excluding carboxylic acids is 2. The normalized spacial score (nSPS) is 14.1. The Kier molecular flexibility index (Phi) is 6.30. The van der Waals surface area contributed by atoms with Gasteiger partial charge in [-0.05, 0) is 36.2 Å². The number of phenols is 1. The van der Waals surface area contributed by atoms with Gasteiger partial charge in [0.05, 0.1) is 30.8 Å². The Morgan fingerprint density at radius 3 is 2.47 bits per heavy atom. The van der Waals surface area contributed by atoms with Gasteiger partial charge < -0.3 is 25.4 Å². The Bertz CT molecular complexity index is 980. The molecule has 3 N–H and O–H groups in total. The van der Waals surface area contributed by atoms with Gasteiger partial charge in [0.1, 0.15) is 11.4 Å². The van der Waals surface area contributed by atoms with Gasteiger partial charge in [-0.1, -0.05) is 25.1 Å². The van der Waals surface area contributed by atoms with Crippen LogP contribution in [0.25, 0.3) is 0 Å². The van der Waals surface area contributed by atoms with E-state index in [2.05, 4.69) is 17.6 Å². The average molecular weight is 409 g/mol. The van der Waals surface area contributed by atoms with Gasteiger partial charge in [0.2, 0.25) is 0 Å². The van der Waals surface area contributed by atoms with E-state index < -0.39 is 0 Å². The lowest BCUT2D eigenvalue weighted by molar-refractivity contribution is -0.116. The number of ether oxygens (including phenoxy) is 1. The van der Waals surface area contributed by atoms with E-state index >= 15 is 0 Å². The number of hydrogen-bond donors (Lipinski definition) is 3. The van der Waals surface area contributed by atoms with Crippen molar-refractivity contribution in [2.75, 3.05) is 26.5 Å². The second-order valence-electron chi connectivity index (χ2n) is 7.36. The molecule has 3 rings (SSSR count). The Labute approximate surface area is 176 Å². The Morgan fingerprint density at radius 1 is 1.20 bits per heavy atom. The van der Waals surface area contributed by atoms with Crippen LogP contribution in [0.5, 0.6) is 11.5 Å². The Morgan fingerprint density at radius 2 is 1.90 bits per heavy atom. The quantitative estimate of drug-likeness (QED) is 0.579. The van der Waals surface area contributed by atoms with Gasteiger partial charge in [-0.25, -0.2) is 0 Å². The smallest absolute Gasteiger partial charge is 0.257 e. The molecule has 1 aliphatic rings. The molecule has 30 heavy (non-hydrogen) atoms. The third-order valence-electron chi connectivity index (χ3n) is 5.13. The van der Waals surface area contributed by atoms with Crippen molar-refractivity contribution in [1.29, 1.82) is 0 Å². The number of Topliss-reactive ketones (excluding diaryl/α,β-unsaturated/α-hetero) is 1. The summed E-state index contributed by atoms with van der Waals surface area (Å²) in [5.41, 5.74) is 2.78. The highest BCUT2D eigenvalue weighted by Crippen LogP contribution is 2.33. The summed E-state index contributed by atoms with van der Waals surface area (Å²) < 4.78 is 5.21. The Balaban J connectivity index is 1.82. The van der Waals surface area contributed by atoms with Gasteiger partial charge in [-0.3, -0.25) is 9.59 Å². The fraction of sp³-hybridized carbons (Fsp3) is 0.304. The number of aromatic hydroxyl groups is 1. The molecule has 0 spiro atoms. The average Bonchev–Trinajstić information content (AvgIpc) is 2.75. The molecular weight excluding hydrogens is 382 g/mol. The number of hydrogen-bond acceptors (Lipinski definition) is 6. The summed E-state index contributed by atoms with van der Waals surface area (Å²) in [6.45, 7) is 2.07. The molecule has 1 aliphatic carbocycles. The highest BCUT2D eigenvalue weighted by molar-refractivity contribution is 6.07. The van der Waals surface area contributed by atoms with E-state index in [9.17, 15) is 14.7 Å². The number of allylic oxidation sites excluding steroid dienone is 2. The second kappa shape index (κ2) is 8.90. The summed E-state index contributed by atoms with van der Waals surface area (Å²) in [4.78, 5) is 25.9. The molecule has 0 fully saturated rings. The first kappa shape index (κ1) is 21.2. The number of nitrogens with zero attached hydrogens (tertiary/aromatic N) is 1. The lowest BCUT2D eigenvalue weighted by atomic mass is 9.95. The summed E-state index contributed by atoms with van der Waals surface area (Å²) in [5.74, 6) is 0.251. The fourth-order valence-corrected chi connectivity index (χ4v) is 3.33. The molecule has 7 nitrogen and oxygen atoms in total. The van der Waals surface area contributed by atoms with Crippen LogP contribution in [-0.4, -0.2) is 42.9 Å². The minimum atomic E-state index is -0.311. The third kappa shape index (κ3) is 4.25. The zero-order chi connectivity index (χ0) is 21.8. The highest BCUT2D eigenvalue weighted by atomic mass is 16.5. The molecule has 0 heterocycles. The molecule has 0 bridgehead atoms. The van der Waals surface area contributed by atoms with Crippen molar-refractivity contribution < 1.29 is 19.4 Å². The van der Waals surface area contributed by atoms with Crippen molar-refractivity contribution in [1.82, 2.24) is 10.2 Å². The van der Waals surface area contributed by atoms with Gasteiger partial charge in [-0.2, -0.15) is 0 Å². The number of para-hydroxylation sites is 1. The van der Waals surface area contributed by atoms with E-state index in [0.717, 1.165) is 23.4 Å². The number of benzene rings is 2. The zero-order valence-corrected chi connectivity index (χ0v) is 17.7. The highest BCUT2D eigenvalue weighted by Gasteiger charge is 2.30. The van der Waals surface area contributed by atoms with Crippen molar-refractivity contribution in [3.8, 4) is 11.5 Å². The maximum atomic E-state index is 12.2. The summed E-state index contributed by atoms with van der Waals surface area (Å²) in [6.07, 6.45) is 1.13. The van der Waals surface area contributed by atoms with Crippen LogP contribution in [-0.2, 0) is 4.79 Å². The van der Waals surface area contributed by atoms with E-state index in [4.69, 9.17) is 4.74 Å². The number of nitrogens with one attached hydrogen (secondary N) is 2. The van der Waals surface area contributed by atoms with Gasteiger partial charge in [0, 0.05) is 19.8 Å². The minimum Gasteiger partial charge on any atom is -0.505 e. The van der Waals surface area contributed by atoms with Crippen molar-refractivity contribution in [2.45, 2.75) is 25.8 Å². The molecule has 0 saturated heterocycles. The maximum absolute atomic E-state index is 12.2. The molecule has 1 unspecified atom stereocenters. The molecule has 1 amide bonds. The van der Waals surface area contributed by atoms with Gasteiger partial charge in [0.25, 0.3) is 5.91 Å². The molecule has 7 heteroatoms. The van der Waals surface area contributed by atoms with E-state index in [-0.39, 0.29) is 29.0 Å². The summed E-state index contributed by atoms with van der Waals surface area (Å²) in [6, 6.07) is 12.7. The first-order valence-corrected chi connectivity index (χ1v) is 9.83. The van der Waals surface area contributed by atoms with Crippen molar-refractivity contribution in [2.24, 2.45) is 0 Å². The first-order valence-electron chi connectivity index (χ1n) is 9.83. The van der Waals surface area contributed by atoms with Crippen molar-refractivity contribution >= 4 is 17.4 Å². The van der Waals surface area contributed by atoms with Gasteiger partial charge in [-0.15, -0.1) is 0 Å². The molecular formula is C23H27N3O4. The summed E-state index contributed by atoms with van der Waals surface area (Å²) in [7, 11) is 4.86. The van der Waals surface area contributed by atoms with Gasteiger partial charge in [0.15, 0.2) is 11.5 Å². The second-order valence-corrected chi connectivity index (χ2v) is 7.36. The van der Waals surface area contributed by atoms with Gasteiger partial charge >= 0.3 is 0 Å². The first-order chi connectivity index (χ1) is 14.3. The molecule has 0 saturated carbocycles. The lowest BCUT2D eigenvalue weighted by Crippen LogP contribution is -2.34. The summed E-state index contributed by atoms with van der Waals surface area (Å²) in [5, 5.41) is 17.0.